The number of nitrogens with one attached hydrogen (secondary N) is 1. The van der Waals surface area contributed by atoms with Gasteiger partial charge in [-0.1, -0.05) is 41.9 Å². The van der Waals surface area contributed by atoms with Crippen LogP contribution in [0.3, 0.4) is 0 Å². The van der Waals surface area contributed by atoms with Crippen molar-refractivity contribution < 1.29 is 19.1 Å². The molecule has 34 heavy (non-hydrogen) atoms. The number of benzene rings is 3. The number of imide groups is 2. The molecule has 1 N–H and O–H groups in total. The number of aryl methyl sites for hydroxylation is 1. The number of amides is 4. The molecular formula is C26H20ClIN2O4. The monoisotopic (exact) mass is 586 g/mol. The highest BCUT2D eigenvalue weighted by Crippen LogP contribution is 2.32. The van der Waals surface area contributed by atoms with Crippen LogP contribution in [0.15, 0.2) is 66.2 Å². The molecule has 0 saturated carbocycles. The molecule has 3 aromatic rings. The molecule has 0 radical (unpaired) electrons. The SMILES string of the molecule is COc1cc(/C=C2\C(=O)NC(=O)N(c3cccc(C)c3)C2=O)cc(I)c1Cc1ccccc1Cl. The normalized spacial score (nSPS) is 15.0. The van der Waals surface area contributed by atoms with Crippen molar-refractivity contribution in [1.29, 1.82) is 0 Å². The molecule has 3 aromatic carbocycles. The lowest BCUT2D eigenvalue weighted by Gasteiger charge is -2.26. The second-order valence-corrected chi connectivity index (χ2v) is 9.32. The van der Waals surface area contributed by atoms with E-state index in [0.29, 0.717) is 28.4 Å². The number of rotatable bonds is 5. The highest BCUT2D eigenvalue weighted by molar-refractivity contribution is 14.1. The first-order valence-electron chi connectivity index (χ1n) is 10.4. The van der Waals surface area contributed by atoms with Crippen molar-refractivity contribution in [2.24, 2.45) is 0 Å². The van der Waals surface area contributed by atoms with Gasteiger partial charge in [-0.15, -0.1) is 0 Å². The fraction of sp³-hybridized carbons (Fsp3) is 0.115. The van der Waals surface area contributed by atoms with Crippen molar-refractivity contribution in [3.05, 3.63) is 97.1 Å². The zero-order valence-corrected chi connectivity index (χ0v) is 21.3. The van der Waals surface area contributed by atoms with Crippen LogP contribution in [0.4, 0.5) is 10.5 Å². The van der Waals surface area contributed by atoms with Gasteiger partial charge in [0.15, 0.2) is 0 Å². The van der Waals surface area contributed by atoms with E-state index in [-0.39, 0.29) is 5.57 Å². The van der Waals surface area contributed by atoms with Crippen LogP contribution in [0, 0.1) is 10.5 Å². The molecule has 0 unspecified atom stereocenters. The van der Waals surface area contributed by atoms with Crippen molar-refractivity contribution >= 4 is 63.8 Å². The molecule has 172 valence electrons. The number of nitrogens with zero attached hydrogens (tertiary/aromatic N) is 1. The summed E-state index contributed by atoms with van der Waals surface area (Å²) in [6.45, 7) is 1.86. The molecule has 6 nitrogen and oxygen atoms in total. The van der Waals surface area contributed by atoms with Crippen LogP contribution in [0.2, 0.25) is 5.02 Å². The van der Waals surface area contributed by atoms with Gasteiger partial charge in [0, 0.05) is 20.6 Å². The lowest BCUT2D eigenvalue weighted by atomic mass is 10.0. The summed E-state index contributed by atoms with van der Waals surface area (Å²) in [6, 6.07) is 17.4. The number of carbonyl (C=O) groups is 3. The molecule has 1 aliphatic rings. The average Bonchev–Trinajstić information content (AvgIpc) is 2.79. The number of ether oxygens (including phenoxy) is 1. The molecule has 0 aromatic heterocycles. The first kappa shape index (κ1) is 24.0. The second kappa shape index (κ2) is 9.99. The molecule has 1 saturated heterocycles. The van der Waals surface area contributed by atoms with Crippen molar-refractivity contribution in [3.8, 4) is 5.75 Å². The molecule has 1 heterocycles. The van der Waals surface area contributed by atoms with Gasteiger partial charge >= 0.3 is 6.03 Å². The first-order chi connectivity index (χ1) is 16.3. The van der Waals surface area contributed by atoms with Gasteiger partial charge in [0.05, 0.1) is 12.8 Å². The number of methoxy groups -OCH3 is 1. The smallest absolute Gasteiger partial charge is 0.335 e. The Morgan fingerprint density at radius 1 is 1.06 bits per heavy atom. The van der Waals surface area contributed by atoms with Crippen LogP contribution in [0.25, 0.3) is 6.08 Å². The van der Waals surface area contributed by atoms with E-state index in [1.807, 2.05) is 43.3 Å². The zero-order chi connectivity index (χ0) is 24.4. The number of barbiturate groups is 1. The van der Waals surface area contributed by atoms with Crippen LogP contribution >= 0.6 is 34.2 Å². The molecule has 4 amide bonds. The van der Waals surface area contributed by atoms with Gasteiger partial charge in [0.25, 0.3) is 11.8 Å². The molecule has 1 fully saturated rings. The number of anilines is 1. The highest BCUT2D eigenvalue weighted by Gasteiger charge is 2.36. The van der Waals surface area contributed by atoms with Crippen molar-refractivity contribution in [2.45, 2.75) is 13.3 Å². The Hall–Kier alpha value is -3.17. The fourth-order valence-corrected chi connectivity index (χ4v) is 4.74. The molecule has 0 aliphatic carbocycles. The minimum absolute atomic E-state index is 0.141. The quantitative estimate of drug-likeness (QED) is 0.243. The second-order valence-electron chi connectivity index (χ2n) is 7.75. The van der Waals surface area contributed by atoms with Gasteiger partial charge in [0.2, 0.25) is 0 Å². The highest BCUT2D eigenvalue weighted by atomic mass is 127. The Balaban J connectivity index is 1.72. The van der Waals surface area contributed by atoms with Gasteiger partial charge < -0.3 is 4.74 Å². The molecule has 8 heteroatoms. The van der Waals surface area contributed by atoms with Crippen molar-refractivity contribution in [1.82, 2.24) is 5.32 Å². The van der Waals surface area contributed by atoms with E-state index in [2.05, 4.69) is 27.9 Å². The maximum Gasteiger partial charge on any atom is 0.335 e. The number of hydrogen-bond acceptors (Lipinski definition) is 4. The predicted molar refractivity (Wildman–Crippen MR) is 140 cm³/mol. The fourth-order valence-electron chi connectivity index (χ4n) is 3.73. The number of carbonyl (C=O) groups excluding carboxylic acids is 3. The van der Waals surface area contributed by atoms with E-state index < -0.39 is 17.8 Å². The van der Waals surface area contributed by atoms with Crippen molar-refractivity contribution in [3.63, 3.8) is 0 Å². The topological polar surface area (TPSA) is 75.7 Å². The molecule has 0 bridgehead atoms. The molecule has 0 spiro atoms. The summed E-state index contributed by atoms with van der Waals surface area (Å²) in [5.74, 6) is -0.824. The number of halogens is 2. The summed E-state index contributed by atoms with van der Waals surface area (Å²) in [6.07, 6.45) is 2.03. The average molecular weight is 587 g/mol. The van der Waals surface area contributed by atoms with Crippen LogP contribution < -0.4 is 15.0 Å². The lowest BCUT2D eigenvalue weighted by Crippen LogP contribution is -2.54. The molecule has 4 rings (SSSR count). The van der Waals surface area contributed by atoms with Gasteiger partial charge in [0.1, 0.15) is 11.3 Å². The predicted octanol–water partition coefficient (Wildman–Crippen LogP) is 5.52. The third kappa shape index (κ3) is 4.85. The molecule has 0 atom stereocenters. The summed E-state index contributed by atoms with van der Waals surface area (Å²) in [5.41, 5.74) is 3.63. The zero-order valence-electron chi connectivity index (χ0n) is 18.4. The standard InChI is InChI=1S/C26H20ClIN2O4/c1-15-6-5-8-18(10-15)30-25(32)20(24(31)29-26(30)33)11-16-12-22(28)19(23(13-16)34-2)14-17-7-3-4-9-21(17)27/h3-13H,14H2,1-2H3,(H,29,31,33)/b20-11+. The van der Waals surface area contributed by atoms with Crippen LogP contribution in [0.5, 0.6) is 5.75 Å². The number of hydrogen-bond donors (Lipinski definition) is 1. The summed E-state index contributed by atoms with van der Waals surface area (Å²) in [5, 5.41) is 2.92. The Morgan fingerprint density at radius 3 is 2.53 bits per heavy atom. The van der Waals surface area contributed by atoms with Crippen LogP contribution in [-0.2, 0) is 16.0 Å². The third-order valence-corrected chi connectivity index (χ3v) is 6.73. The number of urea groups is 1. The Kier molecular flexibility index (Phi) is 7.04. The van der Waals surface area contributed by atoms with E-state index in [1.54, 1.807) is 31.4 Å². The van der Waals surface area contributed by atoms with Crippen LogP contribution in [0.1, 0.15) is 22.3 Å². The third-order valence-electron chi connectivity index (χ3n) is 5.39. The minimum atomic E-state index is -0.778. The molecular weight excluding hydrogens is 567 g/mol. The summed E-state index contributed by atoms with van der Waals surface area (Å²) in [4.78, 5) is 39.1. The lowest BCUT2D eigenvalue weighted by molar-refractivity contribution is -0.122. The summed E-state index contributed by atoms with van der Waals surface area (Å²) < 4.78 is 6.50. The van der Waals surface area contributed by atoms with E-state index in [1.165, 1.54) is 6.08 Å². The first-order valence-corrected chi connectivity index (χ1v) is 11.8. The minimum Gasteiger partial charge on any atom is -0.496 e. The van der Waals surface area contributed by atoms with Gasteiger partial charge in [-0.05, 0) is 82.6 Å². The van der Waals surface area contributed by atoms with Gasteiger partial charge in [-0.25, -0.2) is 9.69 Å². The Morgan fingerprint density at radius 2 is 1.82 bits per heavy atom. The van der Waals surface area contributed by atoms with Gasteiger partial charge in [-0.2, -0.15) is 0 Å². The summed E-state index contributed by atoms with van der Waals surface area (Å²) >= 11 is 8.53. The molecule has 1 aliphatic heterocycles. The Labute approximate surface area is 215 Å². The summed E-state index contributed by atoms with van der Waals surface area (Å²) in [7, 11) is 1.56. The van der Waals surface area contributed by atoms with E-state index in [4.69, 9.17) is 16.3 Å². The maximum absolute atomic E-state index is 13.2. The van der Waals surface area contributed by atoms with Crippen LogP contribution in [-0.4, -0.2) is 25.0 Å². The van der Waals surface area contributed by atoms with E-state index in [9.17, 15) is 14.4 Å². The largest absolute Gasteiger partial charge is 0.496 e. The van der Waals surface area contributed by atoms with E-state index in [0.717, 1.165) is 25.2 Å². The van der Waals surface area contributed by atoms with E-state index >= 15 is 0 Å². The van der Waals surface area contributed by atoms with Crippen molar-refractivity contribution in [2.75, 3.05) is 12.0 Å². The Bertz CT molecular complexity index is 1350. The maximum atomic E-state index is 13.2. The van der Waals surface area contributed by atoms with Gasteiger partial charge in [-0.3, -0.25) is 14.9 Å².